The average Bonchev–Trinajstić information content (AvgIpc) is 2.81. The molecule has 2 nitrogen and oxygen atoms in total. The molecule has 3 rings (SSSR count). The van der Waals surface area contributed by atoms with Gasteiger partial charge in [-0.2, -0.15) is 0 Å². The van der Waals surface area contributed by atoms with E-state index in [4.69, 9.17) is 11.6 Å². The lowest BCUT2D eigenvalue weighted by Crippen LogP contribution is -2.01. The van der Waals surface area contributed by atoms with Gasteiger partial charge in [0.05, 0.1) is 16.9 Å². The smallest absolute Gasteiger partial charge is 0.129 e. The van der Waals surface area contributed by atoms with Gasteiger partial charge in [-0.25, -0.2) is 9.37 Å². The van der Waals surface area contributed by atoms with Crippen LogP contribution in [0, 0.1) is 19.7 Å². The van der Waals surface area contributed by atoms with E-state index in [0.717, 1.165) is 26.8 Å². The summed E-state index contributed by atoms with van der Waals surface area (Å²) in [6.45, 7) is 4.08. The van der Waals surface area contributed by atoms with Crippen LogP contribution in [0.1, 0.15) is 17.0 Å². The Morgan fingerprint density at radius 3 is 2.48 bits per heavy atom. The molecule has 0 saturated carbocycles. The van der Waals surface area contributed by atoms with Gasteiger partial charge in [0, 0.05) is 16.2 Å². The summed E-state index contributed by atoms with van der Waals surface area (Å²) in [6.07, 6.45) is 0. The number of hydrogen-bond donors (Lipinski definition) is 0. The van der Waals surface area contributed by atoms with Crippen LogP contribution in [-0.2, 0) is 5.88 Å². The van der Waals surface area contributed by atoms with Gasteiger partial charge < -0.3 is 0 Å². The summed E-state index contributed by atoms with van der Waals surface area (Å²) in [5.41, 5.74) is 4.72. The third-order valence-corrected chi connectivity index (χ3v) is 4.97. The van der Waals surface area contributed by atoms with Crippen molar-refractivity contribution in [3.63, 3.8) is 0 Å². The molecule has 0 spiro atoms. The van der Waals surface area contributed by atoms with Gasteiger partial charge in [-0.1, -0.05) is 15.9 Å². The van der Waals surface area contributed by atoms with Crippen LogP contribution in [0.4, 0.5) is 4.39 Å². The molecule has 0 aliphatic carbocycles. The molecule has 0 unspecified atom stereocenters. The predicted octanol–water partition coefficient (Wildman–Crippen LogP) is 5.28. The fourth-order valence-corrected chi connectivity index (χ4v) is 2.94. The van der Waals surface area contributed by atoms with Crippen LogP contribution in [0.25, 0.3) is 16.7 Å². The largest absolute Gasteiger partial charge is 0.295 e. The van der Waals surface area contributed by atoms with Gasteiger partial charge in [-0.05, 0) is 49.2 Å². The molecule has 3 aromatic rings. The number of halogens is 3. The Bertz CT molecular complexity index is 819. The first-order valence-electron chi connectivity index (χ1n) is 6.51. The highest BCUT2D eigenvalue weighted by molar-refractivity contribution is 9.10. The van der Waals surface area contributed by atoms with Crippen LogP contribution in [0.2, 0.25) is 0 Å². The molecule has 0 fully saturated rings. The minimum Gasteiger partial charge on any atom is -0.295 e. The molecule has 0 atom stereocenters. The van der Waals surface area contributed by atoms with Crippen LogP contribution < -0.4 is 0 Å². The highest BCUT2D eigenvalue weighted by atomic mass is 79.9. The van der Waals surface area contributed by atoms with Crippen LogP contribution in [0.15, 0.2) is 34.8 Å². The number of alkyl halides is 1. The minimum absolute atomic E-state index is 0.268. The number of aromatic nitrogens is 2. The van der Waals surface area contributed by atoms with E-state index in [0.29, 0.717) is 11.3 Å². The van der Waals surface area contributed by atoms with Crippen molar-refractivity contribution >= 4 is 38.6 Å². The second-order valence-electron chi connectivity index (χ2n) is 5.02. The molecule has 1 heterocycles. The van der Waals surface area contributed by atoms with E-state index < -0.39 is 0 Å². The van der Waals surface area contributed by atoms with Gasteiger partial charge in [0.2, 0.25) is 0 Å². The summed E-state index contributed by atoms with van der Waals surface area (Å²) < 4.78 is 16.4. The Labute approximate surface area is 135 Å². The van der Waals surface area contributed by atoms with Gasteiger partial charge in [-0.3, -0.25) is 4.57 Å². The molecule has 0 aliphatic rings. The SMILES string of the molecule is Cc1cc(-n2c(CCl)nc3cc(F)ccc32)cc(C)c1Br. The first-order chi connectivity index (χ1) is 10.0. The lowest BCUT2D eigenvalue weighted by molar-refractivity contribution is 0.629. The van der Waals surface area contributed by atoms with Crippen molar-refractivity contribution in [2.75, 3.05) is 0 Å². The monoisotopic (exact) mass is 366 g/mol. The van der Waals surface area contributed by atoms with Gasteiger partial charge in [0.15, 0.2) is 0 Å². The van der Waals surface area contributed by atoms with Gasteiger partial charge >= 0.3 is 0 Å². The maximum atomic E-state index is 13.4. The molecule has 108 valence electrons. The van der Waals surface area contributed by atoms with Crippen molar-refractivity contribution in [3.05, 3.63) is 57.6 Å². The van der Waals surface area contributed by atoms with Gasteiger partial charge in [0.25, 0.3) is 0 Å². The highest BCUT2D eigenvalue weighted by Gasteiger charge is 2.14. The van der Waals surface area contributed by atoms with Crippen LogP contribution in [0.5, 0.6) is 0 Å². The van der Waals surface area contributed by atoms with Crippen LogP contribution in [0.3, 0.4) is 0 Å². The lowest BCUT2D eigenvalue weighted by atomic mass is 10.1. The van der Waals surface area contributed by atoms with E-state index in [-0.39, 0.29) is 11.7 Å². The van der Waals surface area contributed by atoms with E-state index >= 15 is 0 Å². The summed E-state index contributed by atoms with van der Waals surface area (Å²) >= 11 is 9.59. The standard InChI is InChI=1S/C16H13BrClFN2/c1-9-5-12(6-10(2)16(9)17)21-14-4-3-11(19)7-13(14)20-15(21)8-18/h3-7H,8H2,1-2H3. The van der Waals surface area contributed by atoms with E-state index in [1.165, 1.54) is 12.1 Å². The summed E-state index contributed by atoms with van der Waals surface area (Å²) in [7, 11) is 0. The maximum Gasteiger partial charge on any atom is 0.129 e. The zero-order valence-corrected chi connectivity index (χ0v) is 14.0. The Balaban J connectivity index is 2.33. The van der Waals surface area contributed by atoms with E-state index in [9.17, 15) is 4.39 Å². The second kappa shape index (κ2) is 5.43. The molecule has 5 heteroatoms. The third kappa shape index (κ3) is 2.47. The molecule has 0 radical (unpaired) electrons. The minimum atomic E-state index is -0.295. The molecule has 0 saturated heterocycles. The van der Waals surface area contributed by atoms with E-state index in [1.54, 1.807) is 6.07 Å². The van der Waals surface area contributed by atoms with Gasteiger partial charge in [0.1, 0.15) is 11.6 Å². The summed E-state index contributed by atoms with van der Waals surface area (Å²) in [6, 6.07) is 8.74. The summed E-state index contributed by atoms with van der Waals surface area (Å²) in [5, 5.41) is 0. The molecular formula is C16H13BrClFN2. The van der Waals surface area contributed by atoms with Crippen molar-refractivity contribution < 1.29 is 4.39 Å². The van der Waals surface area contributed by atoms with Crippen LogP contribution >= 0.6 is 27.5 Å². The van der Waals surface area contributed by atoms with E-state index in [2.05, 4.69) is 33.0 Å². The fraction of sp³-hybridized carbons (Fsp3) is 0.188. The molecule has 0 bridgehead atoms. The maximum absolute atomic E-state index is 13.4. The molecule has 21 heavy (non-hydrogen) atoms. The lowest BCUT2D eigenvalue weighted by Gasteiger charge is -2.12. The molecular weight excluding hydrogens is 355 g/mol. The quantitative estimate of drug-likeness (QED) is 0.563. The number of imidazole rings is 1. The number of fused-ring (bicyclic) bond motifs is 1. The molecule has 0 aliphatic heterocycles. The first kappa shape index (κ1) is 14.5. The fourth-order valence-electron chi connectivity index (χ4n) is 2.53. The summed E-state index contributed by atoms with van der Waals surface area (Å²) in [4.78, 5) is 4.43. The Kier molecular flexibility index (Phi) is 3.76. The van der Waals surface area contributed by atoms with Crippen molar-refractivity contribution in [3.8, 4) is 5.69 Å². The third-order valence-electron chi connectivity index (χ3n) is 3.48. The number of aryl methyl sites for hydroxylation is 2. The van der Waals surface area contributed by atoms with Crippen molar-refractivity contribution in [2.45, 2.75) is 19.7 Å². The number of nitrogens with zero attached hydrogens (tertiary/aromatic N) is 2. The van der Waals surface area contributed by atoms with Crippen molar-refractivity contribution in [1.29, 1.82) is 0 Å². The van der Waals surface area contributed by atoms with Gasteiger partial charge in [-0.15, -0.1) is 11.6 Å². The average molecular weight is 368 g/mol. The Morgan fingerprint density at radius 2 is 1.86 bits per heavy atom. The molecule has 1 aromatic heterocycles. The predicted molar refractivity (Wildman–Crippen MR) is 87.8 cm³/mol. The summed E-state index contributed by atoms with van der Waals surface area (Å²) in [5.74, 6) is 0.680. The number of rotatable bonds is 2. The number of hydrogen-bond acceptors (Lipinski definition) is 1. The molecule has 2 aromatic carbocycles. The molecule has 0 amide bonds. The first-order valence-corrected chi connectivity index (χ1v) is 7.84. The van der Waals surface area contributed by atoms with Crippen LogP contribution in [-0.4, -0.2) is 9.55 Å². The topological polar surface area (TPSA) is 17.8 Å². The van der Waals surface area contributed by atoms with E-state index in [1.807, 2.05) is 18.4 Å². The zero-order valence-electron chi connectivity index (χ0n) is 11.6. The van der Waals surface area contributed by atoms with Crippen molar-refractivity contribution in [2.24, 2.45) is 0 Å². The zero-order chi connectivity index (χ0) is 15.1. The number of benzene rings is 2. The second-order valence-corrected chi connectivity index (χ2v) is 6.08. The Hall–Kier alpha value is -1.39. The van der Waals surface area contributed by atoms with Crippen molar-refractivity contribution in [1.82, 2.24) is 9.55 Å². The normalized spacial score (nSPS) is 11.3. The molecule has 0 N–H and O–H groups in total. The Morgan fingerprint density at radius 1 is 1.19 bits per heavy atom. The highest BCUT2D eigenvalue weighted by Crippen LogP contribution is 2.28.